The number of nitrogens with two attached hydrogens (primary N) is 1. The van der Waals surface area contributed by atoms with Crippen LogP contribution in [0.1, 0.15) is 11.3 Å². The predicted octanol–water partition coefficient (Wildman–Crippen LogP) is 3.53. The van der Waals surface area contributed by atoms with Gasteiger partial charge in [0.2, 0.25) is 0 Å². The number of aryl methyl sites for hydroxylation is 1. The molecule has 0 unspecified atom stereocenters. The minimum absolute atomic E-state index is 0.371. The van der Waals surface area contributed by atoms with Crippen LogP contribution in [-0.4, -0.2) is 15.7 Å². The number of thioether (sulfide) groups is 1. The van der Waals surface area contributed by atoms with Gasteiger partial charge in [-0.15, -0.1) is 11.8 Å². The van der Waals surface area contributed by atoms with Gasteiger partial charge >= 0.3 is 0 Å². The lowest BCUT2D eigenvalue weighted by Crippen LogP contribution is -1.99. The van der Waals surface area contributed by atoms with Gasteiger partial charge in [-0.3, -0.25) is 4.98 Å². The minimum Gasteiger partial charge on any atom is -0.463 e. The first kappa shape index (κ1) is 15.1. The van der Waals surface area contributed by atoms with E-state index in [1.807, 2.05) is 18.2 Å². The Morgan fingerprint density at radius 2 is 2.17 bits per heavy atom. The number of nitrogens with zero attached hydrogens (tertiary/aromatic N) is 3. The van der Waals surface area contributed by atoms with E-state index in [1.165, 1.54) is 0 Å². The third kappa shape index (κ3) is 3.52. The van der Waals surface area contributed by atoms with E-state index >= 15 is 0 Å². The van der Waals surface area contributed by atoms with E-state index in [9.17, 15) is 5.26 Å². The third-order valence-electron chi connectivity index (χ3n) is 3.21. The molecule has 3 aromatic heterocycles. The molecular weight excluding hydrogens is 308 g/mol. The van der Waals surface area contributed by atoms with E-state index < -0.39 is 0 Å². The van der Waals surface area contributed by atoms with Crippen molar-refractivity contribution in [2.45, 2.75) is 11.3 Å². The van der Waals surface area contributed by atoms with Gasteiger partial charge in [-0.2, -0.15) is 5.26 Å². The maximum absolute atomic E-state index is 9.51. The molecule has 0 spiro atoms. The summed E-state index contributed by atoms with van der Waals surface area (Å²) in [4.78, 5) is 9.35. The Kier molecular flexibility index (Phi) is 4.60. The first-order valence-corrected chi connectivity index (χ1v) is 8.03. The lowest BCUT2D eigenvalue weighted by molar-refractivity contribution is 0.579. The lowest BCUT2D eigenvalue weighted by Gasteiger charge is -2.08. The zero-order chi connectivity index (χ0) is 16.1. The lowest BCUT2D eigenvalue weighted by atomic mass is 10.1. The summed E-state index contributed by atoms with van der Waals surface area (Å²) in [5, 5.41) is 9.51. The monoisotopic (exact) mass is 322 g/mol. The van der Waals surface area contributed by atoms with Gasteiger partial charge in [0.05, 0.1) is 11.8 Å². The highest BCUT2D eigenvalue weighted by molar-refractivity contribution is 7.99. The summed E-state index contributed by atoms with van der Waals surface area (Å²) in [5.74, 6) is 1.71. The van der Waals surface area contributed by atoms with Gasteiger partial charge in [0, 0.05) is 22.5 Å². The summed E-state index contributed by atoms with van der Waals surface area (Å²) in [6, 6.07) is 13.3. The Hall–Kier alpha value is -2.78. The third-order valence-corrected chi connectivity index (χ3v) is 4.25. The molecule has 2 N–H and O–H groups in total. The highest BCUT2D eigenvalue weighted by Crippen LogP contribution is 2.32. The summed E-state index contributed by atoms with van der Waals surface area (Å²) < 4.78 is 5.36. The minimum atomic E-state index is 0.371. The van der Waals surface area contributed by atoms with Gasteiger partial charge in [-0.1, -0.05) is 6.07 Å². The van der Waals surface area contributed by atoms with Gasteiger partial charge in [0.25, 0.3) is 0 Å². The van der Waals surface area contributed by atoms with Gasteiger partial charge in [-0.05, 0) is 36.8 Å². The van der Waals surface area contributed by atoms with E-state index in [0.717, 1.165) is 22.8 Å². The number of hydrogen-bond donors (Lipinski definition) is 1. The Labute approximate surface area is 138 Å². The molecule has 3 heterocycles. The zero-order valence-electron chi connectivity index (χ0n) is 12.3. The average Bonchev–Trinajstić information content (AvgIpc) is 3.10. The van der Waals surface area contributed by atoms with Crippen molar-refractivity contribution >= 4 is 17.6 Å². The van der Waals surface area contributed by atoms with Crippen LogP contribution in [0.5, 0.6) is 0 Å². The van der Waals surface area contributed by atoms with Gasteiger partial charge in [0.15, 0.2) is 5.76 Å². The molecule has 3 aromatic rings. The fraction of sp³-hybridized carbons (Fsp3) is 0.118. The Balaban J connectivity index is 1.83. The molecule has 0 saturated carbocycles. The van der Waals surface area contributed by atoms with Gasteiger partial charge in [0.1, 0.15) is 17.6 Å². The SMILES string of the molecule is N#Cc1c(SCCc2ccccn2)cc(N)nc1-c1ccco1. The molecule has 0 aliphatic rings. The summed E-state index contributed by atoms with van der Waals surface area (Å²) >= 11 is 1.57. The normalized spacial score (nSPS) is 10.4. The molecule has 0 aliphatic heterocycles. The highest BCUT2D eigenvalue weighted by Gasteiger charge is 2.15. The summed E-state index contributed by atoms with van der Waals surface area (Å²) in [7, 11) is 0. The highest BCUT2D eigenvalue weighted by atomic mass is 32.2. The molecule has 0 radical (unpaired) electrons. The number of hydrogen-bond acceptors (Lipinski definition) is 6. The smallest absolute Gasteiger partial charge is 0.153 e. The molecule has 0 fully saturated rings. The molecule has 5 nitrogen and oxygen atoms in total. The zero-order valence-corrected chi connectivity index (χ0v) is 13.1. The van der Waals surface area contributed by atoms with Crippen LogP contribution >= 0.6 is 11.8 Å². The summed E-state index contributed by atoms with van der Waals surface area (Å²) in [5.41, 5.74) is 7.87. The molecule has 6 heteroatoms. The molecule has 0 atom stereocenters. The van der Waals surface area contributed by atoms with Crippen molar-refractivity contribution in [3.63, 3.8) is 0 Å². The van der Waals surface area contributed by atoms with Crippen molar-refractivity contribution in [2.24, 2.45) is 0 Å². The van der Waals surface area contributed by atoms with Crippen LogP contribution in [0, 0.1) is 11.3 Å². The molecule has 3 rings (SSSR count). The number of furan rings is 1. The fourth-order valence-electron chi connectivity index (χ4n) is 2.17. The van der Waals surface area contributed by atoms with E-state index in [0.29, 0.717) is 22.8 Å². The molecule has 0 aromatic carbocycles. The first-order valence-electron chi connectivity index (χ1n) is 7.05. The van der Waals surface area contributed by atoms with Crippen LogP contribution in [0.2, 0.25) is 0 Å². The second kappa shape index (κ2) is 6.99. The van der Waals surface area contributed by atoms with Crippen molar-refractivity contribution in [1.82, 2.24) is 9.97 Å². The van der Waals surface area contributed by atoms with Crippen molar-refractivity contribution in [3.05, 3.63) is 60.1 Å². The first-order chi connectivity index (χ1) is 11.3. The molecule has 0 amide bonds. The Bertz CT molecular complexity index is 826. The summed E-state index contributed by atoms with van der Waals surface area (Å²) in [6.45, 7) is 0. The van der Waals surface area contributed by atoms with Gasteiger partial charge in [-0.25, -0.2) is 4.98 Å². The predicted molar refractivity (Wildman–Crippen MR) is 89.7 cm³/mol. The molecule has 0 bridgehead atoms. The topological polar surface area (TPSA) is 88.7 Å². The van der Waals surface area contributed by atoms with Crippen LogP contribution in [0.4, 0.5) is 5.82 Å². The van der Waals surface area contributed by atoms with Crippen molar-refractivity contribution in [3.8, 4) is 17.5 Å². The van der Waals surface area contributed by atoms with Crippen LogP contribution < -0.4 is 5.73 Å². The van der Waals surface area contributed by atoms with E-state index in [1.54, 1.807) is 42.4 Å². The second-order valence-corrected chi connectivity index (χ2v) is 5.91. The second-order valence-electron chi connectivity index (χ2n) is 4.78. The number of rotatable bonds is 5. The van der Waals surface area contributed by atoms with E-state index in [2.05, 4.69) is 16.0 Å². The van der Waals surface area contributed by atoms with Crippen LogP contribution in [0.15, 0.2) is 58.2 Å². The average molecular weight is 322 g/mol. The molecule has 0 aliphatic carbocycles. The largest absolute Gasteiger partial charge is 0.463 e. The number of nitrogen functional groups attached to an aromatic ring is 1. The quantitative estimate of drug-likeness (QED) is 0.723. The van der Waals surface area contributed by atoms with Crippen molar-refractivity contribution < 1.29 is 4.42 Å². The van der Waals surface area contributed by atoms with Crippen molar-refractivity contribution in [1.29, 1.82) is 5.26 Å². The Morgan fingerprint density at radius 1 is 1.26 bits per heavy atom. The number of pyridine rings is 2. The van der Waals surface area contributed by atoms with Crippen LogP contribution in [-0.2, 0) is 6.42 Å². The van der Waals surface area contributed by atoms with Crippen molar-refractivity contribution in [2.75, 3.05) is 11.5 Å². The Morgan fingerprint density at radius 3 is 2.87 bits per heavy atom. The maximum Gasteiger partial charge on any atom is 0.153 e. The van der Waals surface area contributed by atoms with Gasteiger partial charge < -0.3 is 10.2 Å². The maximum atomic E-state index is 9.51. The fourth-order valence-corrected chi connectivity index (χ4v) is 3.19. The summed E-state index contributed by atoms with van der Waals surface area (Å²) in [6.07, 6.45) is 4.14. The molecule has 0 saturated heterocycles. The van der Waals surface area contributed by atoms with Crippen LogP contribution in [0.3, 0.4) is 0 Å². The van der Waals surface area contributed by atoms with E-state index in [-0.39, 0.29) is 0 Å². The number of nitriles is 1. The standard InChI is InChI=1S/C17H14N4OS/c18-11-13-15(23-9-6-12-4-1-2-7-20-12)10-16(19)21-17(13)14-5-3-8-22-14/h1-5,7-8,10H,6,9H2,(H2,19,21). The molecule has 23 heavy (non-hydrogen) atoms. The molecular formula is C17H14N4OS. The van der Waals surface area contributed by atoms with Crippen LogP contribution in [0.25, 0.3) is 11.5 Å². The number of anilines is 1. The van der Waals surface area contributed by atoms with E-state index in [4.69, 9.17) is 10.2 Å². The molecule has 114 valence electrons. The number of aromatic nitrogens is 2.